The minimum Gasteiger partial charge on any atom is -0.326 e. The molecule has 122 valence electrons. The predicted octanol–water partition coefficient (Wildman–Crippen LogP) is 3.30. The highest BCUT2D eigenvalue weighted by molar-refractivity contribution is 9.10. The summed E-state index contributed by atoms with van der Waals surface area (Å²) in [5.74, 6) is -0.0136. The van der Waals surface area contributed by atoms with Gasteiger partial charge < -0.3 is 5.32 Å². The van der Waals surface area contributed by atoms with Crippen LogP contribution in [0.1, 0.15) is 17.5 Å². The first-order valence-electron chi connectivity index (χ1n) is 7.51. The molecule has 0 aliphatic carbocycles. The molecule has 0 spiro atoms. The molecule has 0 bridgehead atoms. The third kappa shape index (κ3) is 3.86. The lowest BCUT2D eigenvalue weighted by Gasteiger charge is -2.09. The van der Waals surface area contributed by atoms with Crippen LogP contribution in [-0.2, 0) is 11.2 Å². The number of carbonyl (C=O) groups excluding carboxylic acids is 1. The molecule has 1 N–H and O–H groups in total. The van der Waals surface area contributed by atoms with E-state index in [0.29, 0.717) is 12.8 Å². The number of aryl methyl sites for hydroxylation is 2. The van der Waals surface area contributed by atoms with E-state index in [0.717, 1.165) is 27.0 Å². The summed E-state index contributed by atoms with van der Waals surface area (Å²) in [6.07, 6.45) is 2.66. The normalized spacial score (nSPS) is 10.6. The number of halogens is 1. The number of aromatic nitrogens is 4. The lowest BCUT2D eigenvalue weighted by atomic mass is 10.1. The summed E-state index contributed by atoms with van der Waals surface area (Å²) in [4.78, 5) is 12.2. The molecule has 0 saturated carbocycles. The fraction of sp³-hybridized carbons (Fsp3) is 0.176. The number of tetrazole rings is 1. The molecule has 1 aromatic heterocycles. The van der Waals surface area contributed by atoms with Crippen molar-refractivity contribution in [3.63, 3.8) is 0 Å². The first kappa shape index (κ1) is 16.3. The topological polar surface area (TPSA) is 72.7 Å². The van der Waals surface area contributed by atoms with Gasteiger partial charge in [-0.15, -0.1) is 5.10 Å². The zero-order chi connectivity index (χ0) is 16.9. The van der Waals surface area contributed by atoms with Crippen molar-refractivity contribution >= 4 is 27.5 Å². The summed E-state index contributed by atoms with van der Waals surface area (Å²) in [5.41, 5.74) is 3.75. The Balaban J connectivity index is 1.62. The van der Waals surface area contributed by atoms with Crippen molar-refractivity contribution in [1.29, 1.82) is 0 Å². The Morgan fingerprint density at radius 3 is 2.79 bits per heavy atom. The molecule has 0 aliphatic rings. The molecule has 3 rings (SSSR count). The summed E-state index contributed by atoms with van der Waals surface area (Å²) in [6.45, 7) is 1.95. The lowest BCUT2D eigenvalue weighted by molar-refractivity contribution is -0.116. The maximum absolute atomic E-state index is 12.2. The van der Waals surface area contributed by atoms with Gasteiger partial charge in [0, 0.05) is 16.6 Å². The number of hydrogen-bond donors (Lipinski definition) is 1. The van der Waals surface area contributed by atoms with Crippen molar-refractivity contribution in [3.05, 3.63) is 64.4 Å². The van der Waals surface area contributed by atoms with E-state index in [1.54, 1.807) is 4.68 Å². The SMILES string of the molecule is Cc1cc(NC(=O)CCc2ccccc2Br)ccc1-n1cnnn1. The molecular weight excluding hydrogens is 370 g/mol. The Morgan fingerprint density at radius 2 is 2.08 bits per heavy atom. The van der Waals surface area contributed by atoms with Gasteiger partial charge in [-0.2, -0.15) is 0 Å². The first-order valence-corrected chi connectivity index (χ1v) is 8.30. The molecule has 24 heavy (non-hydrogen) atoms. The van der Waals surface area contributed by atoms with Crippen molar-refractivity contribution in [2.75, 3.05) is 5.32 Å². The molecule has 0 unspecified atom stereocenters. The summed E-state index contributed by atoms with van der Waals surface area (Å²) in [5, 5.41) is 14.1. The van der Waals surface area contributed by atoms with Gasteiger partial charge in [0.2, 0.25) is 5.91 Å². The number of amides is 1. The van der Waals surface area contributed by atoms with Crippen LogP contribution in [0.25, 0.3) is 5.69 Å². The van der Waals surface area contributed by atoms with Crippen LogP contribution >= 0.6 is 15.9 Å². The minimum atomic E-state index is -0.0136. The van der Waals surface area contributed by atoms with Crippen molar-refractivity contribution < 1.29 is 4.79 Å². The van der Waals surface area contributed by atoms with Gasteiger partial charge in [-0.05, 0) is 59.2 Å². The number of benzene rings is 2. The van der Waals surface area contributed by atoms with Crippen LogP contribution in [0.4, 0.5) is 5.69 Å². The number of hydrogen-bond acceptors (Lipinski definition) is 4. The molecule has 3 aromatic rings. The van der Waals surface area contributed by atoms with Crippen LogP contribution < -0.4 is 5.32 Å². The number of rotatable bonds is 5. The molecule has 1 amide bonds. The Labute approximate surface area is 148 Å². The third-order valence-corrected chi connectivity index (χ3v) is 4.43. The molecule has 0 fully saturated rings. The van der Waals surface area contributed by atoms with E-state index in [9.17, 15) is 4.79 Å². The van der Waals surface area contributed by atoms with E-state index in [-0.39, 0.29) is 5.91 Å². The second-order valence-corrected chi connectivity index (χ2v) is 6.25. The third-order valence-electron chi connectivity index (χ3n) is 3.66. The standard InChI is InChI=1S/C17H16BrN5O/c1-12-10-14(7-8-16(12)23-11-19-21-22-23)20-17(24)9-6-13-4-2-3-5-15(13)18/h2-5,7-8,10-11H,6,9H2,1H3,(H,20,24). The lowest BCUT2D eigenvalue weighted by Crippen LogP contribution is -2.13. The molecule has 1 heterocycles. The van der Waals surface area contributed by atoms with Crippen LogP contribution in [0.3, 0.4) is 0 Å². The van der Waals surface area contributed by atoms with Crippen LogP contribution in [0.2, 0.25) is 0 Å². The zero-order valence-electron chi connectivity index (χ0n) is 13.1. The number of carbonyl (C=O) groups is 1. The van der Waals surface area contributed by atoms with E-state index in [2.05, 4.69) is 36.8 Å². The molecule has 0 saturated heterocycles. The van der Waals surface area contributed by atoms with E-state index >= 15 is 0 Å². The summed E-state index contributed by atoms with van der Waals surface area (Å²) < 4.78 is 2.62. The first-order chi connectivity index (χ1) is 11.6. The van der Waals surface area contributed by atoms with Gasteiger partial charge in [-0.1, -0.05) is 34.1 Å². The fourth-order valence-corrected chi connectivity index (χ4v) is 2.92. The molecule has 6 nitrogen and oxygen atoms in total. The average molecular weight is 386 g/mol. The highest BCUT2D eigenvalue weighted by Gasteiger charge is 2.08. The monoisotopic (exact) mass is 385 g/mol. The Bertz CT molecular complexity index is 848. The Kier molecular flexibility index (Phi) is 5.00. The van der Waals surface area contributed by atoms with Crippen LogP contribution in [0, 0.1) is 6.92 Å². The maximum Gasteiger partial charge on any atom is 0.224 e. The second kappa shape index (κ2) is 7.35. The highest BCUT2D eigenvalue weighted by Crippen LogP contribution is 2.20. The Morgan fingerprint density at radius 1 is 1.25 bits per heavy atom. The molecule has 7 heteroatoms. The summed E-state index contributed by atoms with van der Waals surface area (Å²) >= 11 is 3.50. The van der Waals surface area contributed by atoms with Gasteiger partial charge in [-0.3, -0.25) is 4.79 Å². The molecule has 0 aliphatic heterocycles. The highest BCUT2D eigenvalue weighted by atomic mass is 79.9. The van der Waals surface area contributed by atoms with Crippen molar-refractivity contribution in [2.45, 2.75) is 19.8 Å². The van der Waals surface area contributed by atoms with Crippen LogP contribution in [-0.4, -0.2) is 26.1 Å². The number of nitrogens with zero attached hydrogens (tertiary/aromatic N) is 4. The largest absolute Gasteiger partial charge is 0.326 e. The van der Waals surface area contributed by atoms with Gasteiger partial charge in [0.05, 0.1) is 5.69 Å². The average Bonchev–Trinajstić information content (AvgIpc) is 3.08. The van der Waals surface area contributed by atoms with Crippen molar-refractivity contribution in [1.82, 2.24) is 20.2 Å². The van der Waals surface area contributed by atoms with Gasteiger partial charge in [0.25, 0.3) is 0 Å². The van der Waals surface area contributed by atoms with Gasteiger partial charge in [0.1, 0.15) is 6.33 Å². The zero-order valence-corrected chi connectivity index (χ0v) is 14.7. The second-order valence-electron chi connectivity index (χ2n) is 5.40. The molecule has 0 atom stereocenters. The predicted molar refractivity (Wildman–Crippen MR) is 95.0 cm³/mol. The summed E-state index contributed by atoms with van der Waals surface area (Å²) in [6, 6.07) is 13.6. The van der Waals surface area contributed by atoms with Crippen molar-refractivity contribution in [2.24, 2.45) is 0 Å². The van der Waals surface area contributed by atoms with Gasteiger partial charge >= 0.3 is 0 Å². The van der Waals surface area contributed by atoms with E-state index < -0.39 is 0 Å². The van der Waals surface area contributed by atoms with Crippen LogP contribution in [0.15, 0.2) is 53.3 Å². The molecule has 0 radical (unpaired) electrons. The van der Waals surface area contributed by atoms with Gasteiger partial charge in [-0.25, -0.2) is 4.68 Å². The van der Waals surface area contributed by atoms with E-state index in [1.807, 2.05) is 49.4 Å². The van der Waals surface area contributed by atoms with E-state index in [4.69, 9.17) is 0 Å². The van der Waals surface area contributed by atoms with E-state index in [1.165, 1.54) is 6.33 Å². The fourth-order valence-electron chi connectivity index (χ4n) is 2.43. The van der Waals surface area contributed by atoms with Gasteiger partial charge in [0.15, 0.2) is 0 Å². The molecule has 2 aromatic carbocycles. The minimum absolute atomic E-state index is 0.0136. The summed E-state index contributed by atoms with van der Waals surface area (Å²) in [7, 11) is 0. The van der Waals surface area contributed by atoms with Crippen LogP contribution in [0.5, 0.6) is 0 Å². The smallest absolute Gasteiger partial charge is 0.224 e. The van der Waals surface area contributed by atoms with Crippen molar-refractivity contribution in [3.8, 4) is 5.69 Å². The number of nitrogens with one attached hydrogen (secondary N) is 1. The maximum atomic E-state index is 12.2. The quantitative estimate of drug-likeness (QED) is 0.730. The Hall–Kier alpha value is -2.54. The molecular formula is C17H16BrN5O. The number of anilines is 1.